The monoisotopic (exact) mass is 261 g/mol. The molecule has 1 nitrogen and oxygen atoms in total. The lowest BCUT2D eigenvalue weighted by Gasteiger charge is -2.22. The lowest BCUT2D eigenvalue weighted by molar-refractivity contribution is 0.585. The van der Waals surface area contributed by atoms with Gasteiger partial charge in [-0.1, -0.05) is 17.7 Å². The molecule has 1 N–H and O–H groups in total. The van der Waals surface area contributed by atoms with Crippen molar-refractivity contribution >= 4 is 23.4 Å². The van der Waals surface area contributed by atoms with Crippen LogP contribution >= 0.6 is 23.4 Å². The lowest BCUT2D eigenvalue weighted by atomic mass is 10.2. The highest BCUT2D eigenvalue weighted by Gasteiger charge is 2.14. The summed E-state index contributed by atoms with van der Waals surface area (Å²) in [6.07, 6.45) is 2.09. The smallest absolute Gasteiger partial charge is 0.142 e. The van der Waals surface area contributed by atoms with Crippen LogP contribution in [-0.2, 0) is 6.54 Å². The maximum absolute atomic E-state index is 13.1. The molecule has 0 radical (unpaired) electrons. The Balaban J connectivity index is 2.46. The molecular formula is C12H17ClFNS. The first-order chi connectivity index (χ1) is 7.44. The zero-order valence-corrected chi connectivity index (χ0v) is 11.4. The second-order valence-corrected chi connectivity index (χ2v) is 6.24. The van der Waals surface area contributed by atoms with Crippen LogP contribution in [0.1, 0.15) is 19.4 Å². The van der Waals surface area contributed by atoms with E-state index in [1.54, 1.807) is 6.07 Å². The average Bonchev–Trinajstić information content (AvgIpc) is 2.23. The van der Waals surface area contributed by atoms with E-state index < -0.39 is 0 Å². The van der Waals surface area contributed by atoms with Crippen LogP contribution in [0.2, 0.25) is 5.02 Å². The number of benzene rings is 1. The molecule has 0 spiro atoms. The van der Waals surface area contributed by atoms with Crippen LogP contribution in [-0.4, -0.2) is 17.5 Å². The minimum atomic E-state index is -0.356. The molecule has 1 aromatic rings. The summed E-state index contributed by atoms with van der Waals surface area (Å²) in [6, 6.07) is 4.90. The lowest BCUT2D eigenvalue weighted by Crippen LogP contribution is -2.31. The van der Waals surface area contributed by atoms with E-state index >= 15 is 0 Å². The Hall–Kier alpha value is -0.250. The number of hydrogen-bond acceptors (Lipinski definition) is 2. The summed E-state index contributed by atoms with van der Waals surface area (Å²) >= 11 is 7.42. The molecule has 0 saturated heterocycles. The summed E-state index contributed by atoms with van der Waals surface area (Å²) in [5.74, 6) is -0.356. The molecule has 1 aromatic carbocycles. The summed E-state index contributed by atoms with van der Waals surface area (Å²) in [5, 5.41) is 3.48. The maximum Gasteiger partial charge on any atom is 0.142 e. The fourth-order valence-corrected chi connectivity index (χ4v) is 1.59. The standard InChI is InChI=1S/C12H17ClFNS/c1-12(2,16-3)8-15-7-9-4-5-10(13)11(14)6-9/h4-6,15H,7-8H2,1-3H3. The van der Waals surface area contributed by atoms with Crippen molar-refractivity contribution in [1.82, 2.24) is 5.32 Å². The number of nitrogens with one attached hydrogen (secondary N) is 1. The number of hydrogen-bond donors (Lipinski definition) is 1. The zero-order chi connectivity index (χ0) is 12.2. The highest BCUT2D eigenvalue weighted by Crippen LogP contribution is 2.20. The third kappa shape index (κ3) is 4.32. The van der Waals surface area contributed by atoms with Gasteiger partial charge < -0.3 is 5.32 Å². The van der Waals surface area contributed by atoms with Gasteiger partial charge in [-0.3, -0.25) is 0 Å². The Morgan fingerprint density at radius 2 is 2.12 bits per heavy atom. The summed E-state index contributed by atoms with van der Waals surface area (Å²) in [6.45, 7) is 5.90. The molecule has 0 fully saturated rings. The van der Waals surface area contributed by atoms with Crippen molar-refractivity contribution in [2.24, 2.45) is 0 Å². The molecule has 0 heterocycles. The highest BCUT2D eigenvalue weighted by atomic mass is 35.5. The van der Waals surface area contributed by atoms with E-state index in [2.05, 4.69) is 25.4 Å². The van der Waals surface area contributed by atoms with Gasteiger partial charge in [-0.15, -0.1) is 0 Å². The summed E-state index contributed by atoms with van der Waals surface area (Å²) < 4.78 is 13.3. The summed E-state index contributed by atoms with van der Waals surface area (Å²) in [5.41, 5.74) is 0.916. The van der Waals surface area contributed by atoms with Gasteiger partial charge in [-0.2, -0.15) is 11.8 Å². The van der Waals surface area contributed by atoms with Crippen LogP contribution < -0.4 is 5.32 Å². The quantitative estimate of drug-likeness (QED) is 0.867. The van der Waals surface area contributed by atoms with Crippen LogP contribution in [0.4, 0.5) is 4.39 Å². The Kier molecular flexibility index (Phi) is 5.09. The predicted octanol–water partition coefficient (Wildman–Crippen LogP) is 3.71. The van der Waals surface area contributed by atoms with E-state index in [1.165, 1.54) is 6.07 Å². The van der Waals surface area contributed by atoms with Crippen molar-refractivity contribution in [3.63, 3.8) is 0 Å². The van der Waals surface area contributed by atoms with Gasteiger partial charge in [0.2, 0.25) is 0 Å². The topological polar surface area (TPSA) is 12.0 Å². The van der Waals surface area contributed by atoms with Crippen molar-refractivity contribution in [3.8, 4) is 0 Å². The number of thioether (sulfide) groups is 1. The van der Waals surface area contributed by atoms with Crippen LogP contribution in [0.5, 0.6) is 0 Å². The largest absolute Gasteiger partial charge is 0.311 e. The molecule has 0 bridgehead atoms. The van der Waals surface area contributed by atoms with Gasteiger partial charge in [-0.05, 0) is 37.8 Å². The van der Waals surface area contributed by atoms with Crippen LogP contribution in [0.3, 0.4) is 0 Å². The van der Waals surface area contributed by atoms with Crippen molar-refractivity contribution < 1.29 is 4.39 Å². The minimum absolute atomic E-state index is 0.174. The van der Waals surface area contributed by atoms with E-state index in [0.717, 1.165) is 12.1 Å². The highest BCUT2D eigenvalue weighted by molar-refractivity contribution is 7.99. The Bertz CT molecular complexity index is 355. The van der Waals surface area contributed by atoms with Gasteiger partial charge >= 0.3 is 0 Å². The molecule has 0 aliphatic heterocycles. The van der Waals surface area contributed by atoms with Gasteiger partial charge in [0.15, 0.2) is 0 Å². The maximum atomic E-state index is 13.1. The van der Waals surface area contributed by atoms with Crippen molar-refractivity contribution in [2.75, 3.05) is 12.8 Å². The molecule has 16 heavy (non-hydrogen) atoms. The average molecular weight is 262 g/mol. The van der Waals surface area contributed by atoms with Gasteiger partial charge in [0.05, 0.1) is 5.02 Å². The first-order valence-corrected chi connectivity index (χ1v) is 6.75. The molecule has 4 heteroatoms. The number of halogens is 2. The summed E-state index contributed by atoms with van der Waals surface area (Å²) in [4.78, 5) is 0. The molecule has 1 rings (SSSR count). The Morgan fingerprint density at radius 3 is 2.69 bits per heavy atom. The molecule has 0 aliphatic carbocycles. The zero-order valence-electron chi connectivity index (χ0n) is 9.81. The van der Waals surface area contributed by atoms with Gasteiger partial charge in [0.25, 0.3) is 0 Å². The normalized spacial score (nSPS) is 11.8. The molecule has 0 amide bonds. The minimum Gasteiger partial charge on any atom is -0.311 e. The second-order valence-electron chi connectivity index (χ2n) is 4.32. The van der Waals surface area contributed by atoms with E-state index in [-0.39, 0.29) is 15.6 Å². The molecule has 0 aromatic heterocycles. The first-order valence-electron chi connectivity index (χ1n) is 5.14. The van der Waals surface area contributed by atoms with Crippen LogP contribution in [0, 0.1) is 5.82 Å². The fraction of sp³-hybridized carbons (Fsp3) is 0.500. The molecular weight excluding hydrogens is 245 g/mol. The van der Waals surface area contributed by atoms with E-state index in [0.29, 0.717) is 6.54 Å². The third-order valence-electron chi connectivity index (χ3n) is 2.42. The first kappa shape index (κ1) is 13.8. The van der Waals surface area contributed by atoms with Gasteiger partial charge in [0.1, 0.15) is 5.82 Å². The molecule has 90 valence electrons. The Labute approximate surface area is 106 Å². The number of rotatable bonds is 5. The fourth-order valence-electron chi connectivity index (χ4n) is 1.23. The van der Waals surface area contributed by atoms with Crippen molar-refractivity contribution in [3.05, 3.63) is 34.6 Å². The van der Waals surface area contributed by atoms with Gasteiger partial charge in [0, 0.05) is 17.8 Å². The predicted molar refractivity (Wildman–Crippen MR) is 70.7 cm³/mol. The van der Waals surface area contributed by atoms with Crippen molar-refractivity contribution in [1.29, 1.82) is 0 Å². The van der Waals surface area contributed by atoms with Crippen molar-refractivity contribution in [2.45, 2.75) is 25.1 Å². The molecule has 0 saturated carbocycles. The van der Waals surface area contributed by atoms with E-state index in [1.807, 2.05) is 17.8 Å². The molecule has 0 aliphatic rings. The second kappa shape index (κ2) is 5.89. The summed E-state index contributed by atoms with van der Waals surface area (Å²) in [7, 11) is 0. The van der Waals surface area contributed by atoms with Crippen LogP contribution in [0.25, 0.3) is 0 Å². The molecule has 0 unspecified atom stereocenters. The van der Waals surface area contributed by atoms with Crippen LogP contribution in [0.15, 0.2) is 18.2 Å². The molecule has 0 atom stereocenters. The Morgan fingerprint density at radius 1 is 1.44 bits per heavy atom. The van der Waals surface area contributed by atoms with Gasteiger partial charge in [-0.25, -0.2) is 4.39 Å². The third-order valence-corrected chi connectivity index (χ3v) is 3.97. The van der Waals surface area contributed by atoms with E-state index in [9.17, 15) is 4.39 Å². The van der Waals surface area contributed by atoms with E-state index in [4.69, 9.17) is 11.6 Å². The SMILES string of the molecule is CSC(C)(C)CNCc1ccc(Cl)c(F)c1.